The Morgan fingerprint density at radius 3 is 2.21 bits per heavy atom. The SMILES string of the molecule is O=C(CSc1ccccc1C(=O)Nc1ccccc1Cc1ccccc1)Nc1ccc(F)cc1. The highest BCUT2D eigenvalue weighted by Gasteiger charge is 2.15. The first kappa shape index (κ1) is 23.3. The smallest absolute Gasteiger partial charge is 0.256 e. The molecule has 0 aromatic heterocycles. The maximum atomic E-state index is 13.1. The molecule has 2 amide bonds. The fourth-order valence-corrected chi connectivity index (χ4v) is 4.31. The Morgan fingerprint density at radius 2 is 1.41 bits per heavy atom. The van der Waals surface area contributed by atoms with E-state index in [2.05, 4.69) is 22.8 Å². The van der Waals surface area contributed by atoms with E-state index in [1.807, 2.05) is 54.6 Å². The van der Waals surface area contributed by atoms with E-state index in [0.717, 1.165) is 16.8 Å². The Hall–Kier alpha value is -3.90. The normalized spacial score (nSPS) is 10.5. The van der Waals surface area contributed by atoms with Gasteiger partial charge in [0.05, 0.1) is 11.3 Å². The molecule has 4 rings (SSSR count). The van der Waals surface area contributed by atoms with Gasteiger partial charge in [0.1, 0.15) is 5.82 Å². The van der Waals surface area contributed by atoms with Crippen LogP contribution < -0.4 is 10.6 Å². The van der Waals surface area contributed by atoms with Gasteiger partial charge in [0.25, 0.3) is 5.91 Å². The minimum Gasteiger partial charge on any atom is -0.325 e. The number of carbonyl (C=O) groups excluding carboxylic acids is 2. The van der Waals surface area contributed by atoms with Crippen LogP contribution >= 0.6 is 11.8 Å². The number of hydrogen-bond acceptors (Lipinski definition) is 3. The molecule has 4 aromatic carbocycles. The molecule has 0 atom stereocenters. The van der Waals surface area contributed by atoms with Gasteiger partial charge in [-0.25, -0.2) is 4.39 Å². The van der Waals surface area contributed by atoms with Crippen LogP contribution in [0.1, 0.15) is 21.5 Å². The lowest BCUT2D eigenvalue weighted by atomic mass is 10.0. The van der Waals surface area contributed by atoms with E-state index < -0.39 is 0 Å². The van der Waals surface area contributed by atoms with E-state index in [0.29, 0.717) is 22.6 Å². The van der Waals surface area contributed by atoms with Crippen LogP contribution in [0.3, 0.4) is 0 Å². The summed E-state index contributed by atoms with van der Waals surface area (Å²) in [5.41, 5.74) is 3.95. The third kappa shape index (κ3) is 6.33. The average Bonchev–Trinajstić information content (AvgIpc) is 2.86. The number of benzene rings is 4. The molecule has 2 N–H and O–H groups in total. The van der Waals surface area contributed by atoms with Crippen molar-refractivity contribution in [2.75, 3.05) is 16.4 Å². The number of amides is 2. The zero-order chi connectivity index (χ0) is 23.8. The Kier molecular flexibility index (Phi) is 7.73. The summed E-state index contributed by atoms with van der Waals surface area (Å²) < 4.78 is 13.0. The van der Waals surface area contributed by atoms with E-state index in [1.165, 1.54) is 36.0 Å². The number of nitrogens with one attached hydrogen (secondary N) is 2. The third-order valence-corrected chi connectivity index (χ3v) is 6.19. The number of para-hydroxylation sites is 1. The van der Waals surface area contributed by atoms with Crippen LogP contribution in [0.25, 0.3) is 0 Å². The van der Waals surface area contributed by atoms with Crippen molar-refractivity contribution in [3.05, 3.63) is 126 Å². The van der Waals surface area contributed by atoms with E-state index >= 15 is 0 Å². The van der Waals surface area contributed by atoms with Crippen LogP contribution in [0.2, 0.25) is 0 Å². The lowest BCUT2D eigenvalue weighted by molar-refractivity contribution is -0.113. The molecule has 0 saturated heterocycles. The highest BCUT2D eigenvalue weighted by molar-refractivity contribution is 8.00. The first-order valence-electron chi connectivity index (χ1n) is 10.8. The molecule has 0 aliphatic carbocycles. The maximum Gasteiger partial charge on any atom is 0.256 e. The van der Waals surface area contributed by atoms with Crippen molar-refractivity contribution < 1.29 is 14.0 Å². The number of hydrogen-bond donors (Lipinski definition) is 2. The largest absolute Gasteiger partial charge is 0.325 e. The topological polar surface area (TPSA) is 58.2 Å². The standard InChI is InChI=1S/C28H23FN2O2S/c29-22-14-16-23(17-15-22)30-27(32)19-34-26-13-7-5-11-24(26)28(33)31-25-12-6-4-10-21(25)18-20-8-2-1-3-9-20/h1-17H,18-19H2,(H,30,32)(H,31,33). The summed E-state index contributed by atoms with van der Waals surface area (Å²) >= 11 is 1.28. The molecule has 170 valence electrons. The van der Waals surface area contributed by atoms with Gasteiger partial charge < -0.3 is 10.6 Å². The van der Waals surface area contributed by atoms with Crippen molar-refractivity contribution in [1.29, 1.82) is 0 Å². The van der Waals surface area contributed by atoms with Crippen LogP contribution in [0.4, 0.5) is 15.8 Å². The highest BCUT2D eigenvalue weighted by atomic mass is 32.2. The van der Waals surface area contributed by atoms with Gasteiger partial charge in [-0.15, -0.1) is 11.8 Å². The molecule has 0 bridgehead atoms. The molecule has 0 fully saturated rings. The number of thioether (sulfide) groups is 1. The molecule has 0 unspecified atom stereocenters. The Bertz CT molecular complexity index is 1280. The first-order chi connectivity index (χ1) is 16.6. The molecule has 0 saturated carbocycles. The summed E-state index contributed by atoms with van der Waals surface area (Å²) in [6, 6.07) is 30.6. The molecular weight excluding hydrogens is 447 g/mol. The molecule has 6 heteroatoms. The van der Waals surface area contributed by atoms with E-state index in [9.17, 15) is 14.0 Å². The quantitative estimate of drug-likeness (QED) is 0.293. The van der Waals surface area contributed by atoms with Gasteiger partial charge in [-0.2, -0.15) is 0 Å². The van der Waals surface area contributed by atoms with Crippen LogP contribution in [-0.2, 0) is 11.2 Å². The number of halogens is 1. The number of anilines is 2. The lowest BCUT2D eigenvalue weighted by Crippen LogP contribution is -2.16. The van der Waals surface area contributed by atoms with Gasteiger partial charge in [0, 0.05) is 16.3 Å². The molecular formula is C28H23FN2O2S. The summed E-state index contributed by atoms with van der Waals surface area (Å²) in [5, 5.41) is 5.76. The van der Waals surface area contributed by atoms with Crippen LogP contribution in [-0.4, -0.2) is 17.6 Å². The summed E-state index contributed by atoms with van der Waals surface area (Å²) in [7, 11) is 0. The van der Waals surface area contributed by atoms with Crippen LogP contribution in [0.5, 0.6) is 0 Å². The van der Waals surface area contributed by atoms with Gasteiger partial charge in [-0.05, 0) is 60.0 Å². The first-order valence-corrected chi connectivity index (χ1v) is 11.8. The molecule has 0 heterocycles. The molecule has 0 aliphatic rings. The summed E-state index contributed by atoms with van der Waals surface area (Å²) in [5.74, 6) is -0.716. The molecule has 0 aliphatic heterocycles. The van der Waals surface area contributed by atoms with Gasteiger partial charge in [-0.1, -0.05) is 60.7 Å². The van der Waals surface area contributed by atoms with Crippen molar-refractivity contribution in [3.8, 4) is 0 Å². The average molecular weight is 471 g/mol. The predicted octanol–water partition coefficient (Wildman–Crippen LogP) is 6.40. The van der Waals surface area contributed by atoms with Gasteiger partial charge in [-0.3, -0.25) is 9.59 Å². The fraction of sp³-hybridized carbons (Fsp3) is 0.0714. The zero-order valence-corrected chi connectivity index (χ0v) is 19.1. The van der Waals surface area contributed by atoms with Crippen molar-refractivity contribution in [1.82, 2.24) is 0 Å². The molecule has 4 nitrogen and oxygen atoms in total. The summed E-state index contributed by atoms with van der Waals surface area (Å²) in [6.07, 6.45) is 0.706. The zero-order valence-electron chi connectivity index (χ0n) is 18.3. The van der Waals surface area contributed by atoms with Crippen molar-refractivity contribution in [3.63, 3.8) is 0 Å². The van der Waals surface area contributed by atoms with Crippen molar-refractivity contribution in [2.45, 2.75) is 11.3 Å². The third-order valence-electron chi connectivity index (χ3n) is 5.12. The Labute approximate surface area is 202 Å². The molecule has 0 spiro atoms. The molecule has 4 aromatic rings. The summed E-state index contributed by atoms with van der Waals surface area (Å²) in [6.45, 7) is 0. The number of rotatable bonds is 8. The second-order valence-corrected chi connectivity index (χ2v) is 8.63. The van der Waals surface area contributed by atoms with Crippen LogP contribution in [0.15, 0.2) is 108 Å². The fourth-order valence-electron chi connectivity index (χ4n) is 3.46. The predicted molar refractivity (Wildman–Crippen MR) is 136 cm³/mol. The van der Waals surface area contributed by atoms with Crippen LogP contribution in [0, 0.1) is 5.82 Å². The van der Waals surface area contributed by atoms with Gasteiger partial charge in [0.15, 0.2) is 0 Å². The van der Waals surface area contributed by atoms with E-state index in [4.69, 9.17) is 0 Å². The van der Waals surface area contributed by atoms with Gasteiger partial charge >= 0.3 is 0 Å². The van der Waals surface area contributed by atoms with E-state index in [-0.39, 0.29) is 23.4 Å². The van der Waals surface area contributed by atoms with E-state index in [1.54, 1.807) is 12.1 Å². The minimum absolute atomic E-state index is 0.117. The maximum absolute atomic E-state index is 13.1. The lowest BCUT2D eigenvalue weighted by Gasteiger charge is -2.13. The number of carbonyl (C=O) groups is 2. The van der Waals surface area contributed by atoms with Gasteiger partial charge in [0.2, 0.25) is 5.91 Å². The highest BCUT2D eigenvalue weighted by Crippen LogP contribution is 2.25. The molecule has 34 heavy (non-hydrogen) atoms. The Balaban J connectivity index is 1.43. The minimum atomic E-state index is -0.363. The second-order valence-electron chi connectivity index (χ2n) is 7.61. The summed E-state index contributed by atoms with van der Waals surface area (Å²) in [4.78, 5) is 26.2. The van der Waals surface area contributed by atoms with Crippen molar-refractivity contribution in [2.24, 2.45) is 0 Å². The monoisotopic (exact) mass is 470 g/mol. The Morgan fingerprint density at radius 1 is 0.735 bits per heavy atom. The second kappa shape index (κ2) is 11.3. The van der Waals surface area contributed by atoms with Crippen molar-refractivity contribution >= 4 is 35.0 Å². The molecule has 0 radical (unpaired) electrons.